The van der Waals surface area contributed by atoms with Crippen LogP contribution in [0.3, 0.4) is 0 Å². The van der Waals surface area contributed by atoms with Crippen molar-refractivity contribution >= 4 is 16.8 Å². The topological polar surface area (TPSA) is 92.0 Å². The van der Waals surface area contributed by atoms with Gasteiger partial charge < -0.3 is 15.4 Å². The number of fused-ring (bicyclic) bond motifs is 1. The number of aromatic nitrogens is 2. The fourth-order valence-corrected chi connectivity index (χ4v) is 3.97. The molecule has 32 heavy (non-hydrogen) atoms. The molecule has 0 spiro atoms. The fraction of sp³-hybridized carbons (Fsp3) is 0.400. The molecular formula is C25H29N5O2. The van der Waals surface area contributed by atoms with Crippen LogP contribution in [-0.4, -0.2) is 47.5 Å². The van der Waals surface area contributed by atoms with Gasteiger partial charge in [-0.2, -0.15) is 10.4 Å². The Morgan fingerprint density at radius 2 is 2.06 bits per heavy atom. The molecule has 1 aliphatic heterocycles. The van der Waals surface area contributed by atoms with E-state index < -0.39 is 12.1 Å². The summed E-state index contributed by atoms with van der Waals surface area (Å²) in [7, 11) is 0. The van der Waals surface area contributed by atoms with Crippen molar-refractivity contribution in [2.45, 2.75) is 44.9 Å². The number of hydrogen-bond acceptors (Lipinski definition) is 5. The molecule has 2 N–H and O–H groups in total. The second-order valence-corrected chi connectivity index (χ2v) is 8.46. The van der Waals surface area contributed by atoms with Crippen LogP contribution in [-0.2, 0) is 16.0 Å². The molecular weight excluding hydrogens is 402 g/mol. The van der Waals surface area contributed by atoms with E-state index in [4.69, 9.17) is 4.74 Å². The third kappa shape index (κ3) is 4.98. The van der Waals surface area contributed by atoms with Crippen LogP contribution in [0.25, 0.3) is 22.0 Å². The van der Waals surface area contributed by atoms with Gasteiger partial charge in [0.1, 0.15) is 12.1 Å². The second-order valence-electron chi connectivity index (χ2n) is 8.46. The molecule has 1 aromatic heterocycles. The molecule has 0 aliphatic carbocycles. The van der Waals surface area contributed by atoms with Gasteiger partial charge in [-0.25, -0.2) is 0 Å². The Balaban J connectivity index is 1.44. The van der Waals surface area contributed by atoms with Crippen molar-refractivity contribution in [1.82, 2.24) is 20.4 Å². The van der Waals surface area contributed by atoms with E-state index in [1.807, 2.05) is 23.0 Å². The van der Waals surface area contributed by atoms with Crippen LogP contribution >= 0.6 is 0 Å². The summed E-state index contributed by atoms with van der Waals surface area (Å²) in [5.74, 6) is -0.238. The van der Waals surface area contributed by atoms with Gasteiger partial charge in [-0.3, -0.25) is 9.48 Å². The highest BCUT2D eigenvalue weighted by molar-refractivity contribution is 5.84. The largest absolute Gasteiger partial charge is 0.367 e. The highest BCUT2D eigenvalue weighted by atomic mass is 16.5. The molecule has 0 unspecified atom stereocenters. The van der Waals surface area contributed by atoms with Crippen LogP contribution < -0.4 is 10.6 Å². The number of hydrogen-bond donors (Lipinski definition) is 2. The van der Waals surface area contributed by atoms with Gasteiger partial charge in [-0.1, -0.05) is 36.4 Å². The predicted molar refractivity (Wildman–Crippen MR) is 124 cm³/mol. The first kappa shape index (κ1) is 22.0. The molecule has 7 nitrogen and oxygen atoms in total. The van der Waals surface area contributed by atoms with E-state index in [-0.39, 0.29) is 5.91 Å². The first-order valence-corrected chi connectivity index (χ1v) is 11.1. The van der Waals surface area contributed by atoms with Gasteiger partial charge in [0, 0.05) is 31.0 Å². The Labute approximate surface area is 188 Å². The van der Waals surface area contributed by atoms with Crippen molar-refractivity contribution in [3.05, 3.63) is 54.2 Å². The molecule has 0 bridgehead atoms. The quantitative estimate of drug-likeness (QED) is 0.625. The van der Waals surface area contributed by atoms with Crippen molar-refractivity contribution in [1.29, 1.82) is 5.26 Å². The summed E-state index contributed by atoms with van der Waals surface area (Å²) < 4.78 is 7.61. The fourth-order valence-electron chi connectivity index (χ4n) is 3.97. The molecule has 1 saturated heterocycles. The van der Waals surface area contributed by atoms with Gasteiger partial charge in [0.05, 0.1) is 17.8 Å². The van der Waals surface area contributed by atoms with Crippen LogP contribution in [0.5, 0.6) is 0 Å². The van der Waals surface area contributed by atoms with Crippen LogP contribution in [0.1, 0.15) is 31.9 Å². The highest BCUT2D eigenvalue weighted by Crippen LogP contribution is 2.26. The maximum absolute atomic E-state index is 12.5. The molecule has 0 radical (unpaired) electrons. The minimum atomic E-state index is -0.600. The van der Waals surface area contributed by atoms with E-state index in [9.17, 15) is 10.1 Å². The Kier molecular flexibility index (Phi) is 6.84. The normalized spacial score (nSPS) is 17.6. The molecule has 2 aromatic carbocycles. The molecule has 166 valence electrons. The lowest BCUT2D eigenvalue weighted by Gasteiger charge is -2.18. The SMILES string of the molecule is CC(C)n1ncc2ccc(-c3ccc(C[C@@H](C#N)NC(=O)[C@@H]4CNCCCO4)cc3)cc21. The summed E-state index contributed by atoms with van der Waals surface area (Å²) >= 11 is 0. The molecule has 7 heteroatoms. The Hall–Kier alpha value is -3.21. The number of nitriles is 1. The van der Waals surface area contributed by atoms with Crippen molar-refractivity contribution in [2.75, 3.05) is 19.7 Å². The van der Waals surface area contributed by atoms with Crippen LogP contribution in [0.4, 0.5) is 0 Å². The van der Waals surface area contributed by atoms with Crippen LogP contribution in [0, 0.1) is 11.3 Å². The molecule has 0 saturated carbocycles. The van der Waals surface area contributed by atoms with Gasteiger partial charge in [0.15, 0.2) is 0 Å². The number of nitrogens with zero attached hydrogens (tertiary/aromatic N) is 3. The van der Waals surface area contributed by atoms with Gasteiger partial charge in [0.25, 0.3) is 5.91 Å². The van der Waals surface area contributed by atoms with Gasteiger partial charge in [0.2, 0.25) is 0 Å². The van der Waals surface area contributed by atoms with Gasteiger partial charge in [-0.15, -0.1) is 0 Å². The molecule has 1 aliphatic rings. The summed E-state index contributed by atoms with van der Waals surface area (Å²) in [6.45, 7) is 6.10. The number of amides is 1. The average molecular weight is 432 g/mol. The lowest BCUT2D eigenvalue weighted by Crippen LogP contribution is -2.46. The summed E-state index contributed by atoms with van der Waals surface area (Å²) in [5.41, 5.74) is 4.33. The van der Waals surface area contributed by atoms with Crippen LogP contribution in [0.15, 0.2) is 48.7 Å². The first-order chi connectivity index (χ1) is 15.5. The number of carbonyl (C=O) groups excluding carboxylic acids is 1. The summed E-state index contributed by atoms with van der Waals surface area (Å²) in [6, 6.07) is 16.4. The molecule has 1 amide bonds. The molecule has 1 fully saturated rings. The molecule has 4 rings (SSSR count). The lowest BCUT2D eigenvalue weighted by molar-refractivity contribution is -0.132. The highest BCUT2D eigenvalue weighted by Gasteiger charge is 2.23. The minimum absolute atomic E-state index is 0.238. The van der Waals surface area contributed by atoms with E-state index in [0.29, 0.717) is 25.6 Å². The molecule has 2 atom stereocenters. The van der Waals surface area contributed by atoms with E-state index in [2.05, 4.69) is 66.0 Å². The van der Waals surface area contributed by atoms with Gasteiger partial charge >= 0.3 is 0 Å². The Morgan fingerprint density at radius 3 is 2.81 bits per heavy atom. The first-order valence-electron chi connectivity index (χ1n) is 11.1. The summed E-state index contributed by atoms with van der Waals surface area (Å²) in [5, 5.41) is 21.2. The minimum Gasteiger partial charge on any atom is -0.367 e. The van der Waals surface area contributed by atoms with Crippen molar-refractivity contribution in [3.8, 4) is 17.2 Å². The summed E-state index contributed by atoms with van der Waals surface area (Å²) in [6.07, 6.45) is 2.67. The Bertz CT molecular complexity index is 1110. The second kappa shape index (κ2) is 9.94. The molecule has 3 aromatic rings. The maximum Gasteiger partial charge on any atom is 0.251 e. The van der Waals surface area contributed by atoms with E-state index in [0.717, 1.165) is 40.6 Å². The number of benzene rings is 2. The van der Waals surface area contributed by atoms with Crippen molar-refractivity contribution in [2.24, 2.45) is 0 Å². The number of nitrogens with one attached hydrogen (secondary N) is 2. The maximum atomic E-state index is 12.5. The number of carbonyl (C=O) groups is 1. The van der Waals surface area contributed by atoms with E-state index in [1.54, 1.807) is 0 Å². The lowest BCUT2D eigenvalue weighted by atomic mass is 10.00. The van der Waals surface area contributed by atoms with Crippen molar-refractivity contribution in [3.63, 3.8) is 0 Å². The summed E-state index contributed by atoms with van der Waals surface area (Å²) in [4.78, 5) is 12.5. The van der Waals surface area contributed by atoms with Crippen LogP contribution in [0.2, 0.25) is 0 Å². The number of ether oxygens (including phenoxy) is 1. The zero-order valence-electron chi connectivity index (χ0n) is 18.5. The monoisotopic (exact) mass is 431 g/mol. The zero-order chi connectivity index (χ0) is 22.5. The zero-order valence-corrected chi connectivity index (χ0v) is 18.5. The number of rotatable bonds is 6. The third-order valence-electron chi connectivity index (χ3n) is 5.73. The third-order valence-corrected chi connectivity index (χ3v) is 5.73. The Morgan fingerprint density at radius 1 is 1.28 bits per heavy atom. The van der Waals surface area contributed by atoms with Gasteiger partial charge in [-0.05, 0) is 49.6 Å². The standard InChI is InChI=1S/C25H29N5O2/c1-17(2)30-23-13-20(8-9-21(23)15-28-30)19-6-4-18(5-7-19)12-22(14-26)29-25(31)24-16-27-10-3-11-32-24/h4-9,13,15,17,22,24,27H,3,10-12,16H2,1-2H3,(H,29,31)/t22-,24-/m0/s1. The van der Waals surface area contributed by atoms with E-state index >= 15 is 0 Å². The van der Waals surface area contributed by atoms with E-state index in [1.165, 1.54) is 0 Å². The molecule has 2 heterocycles. The smallest absolute Gasteiger partial charge is 0.251 e. The predicted octanol–water partition coefficient (Wildman–Crippen LogP) is 3.21. The van der Waals surface area contributed by atoms with Crippen molar-refractivity contribution < 1.29 is 9.53 Å². The average Bonchev–Trinajstić information content (AvgIpc) is 3.04.